The van der Waals surface area contributed by atoms with Crippen molar-refractivity contribution in [1.82, 2.24) is 8.75 Å². The summed E-state index contributed by atoms with van der Waals surface area (Å²) in [5.74, 6) is -0.246. The molecule has 4 rings (SSSR count). The van der Waals surface area contributed by atoms with Crippen molar-refractivity contribution in [2.24, 2.45) is 5.41 Å². The van der Waals surface area contributed by atoms with E-state index in [0.717, 1.165) is 27.0 Å². The van der Waals surface area contributed by atoms with Gasteiger partial charge in [0.25, 0.3) is 0 Å². The first-order valence-corrected chi connectivity index (χ1v) is 11.2. The molecule has 140 valence electrons. The quantitative estimate of drug-likeness (QED) is 0.343. The molecule has 0 aliphatic heterocycles. The van der Waals surface area contributed by atoms with Crippen LogP contribution < -0.4 is 0 Å². The summed E-state index contributed by atoms with van der Waals surface area (Å²) >= 11 is 4.56. The number of hydrogen-bond donors (Lipinski definition) is 0. The van der Waals surface area contributed by atoms with Crippen LogP contribution in [0, 0.1) is 11.2 Å². The lowest BCUT2D eigenvalue weighted by molar-refractivity contribution is 0.230. The number of aromatic nitrogens is 2. The van der Waals surface area contributed by atoms with Crippen molar-refractivity contribution < 1.29 is 4.39 Å². The molecular weight excluding hydrogens is 395 g/mol. The van der Waals surface area contributed by atoms with Gasteiger partial charge in [-0.25, -0.2) is 4.39 Å². The molecule has 3 aromatic heterocycles. The van der Waals surface area contributed by atoms with E-state index in [0.29, 0.717) is 11.1 Å². The van der Waals surface area contributed by atoms with Gasteiger partial charge in [0.15, 0.2) is 0 Å². The van der Waals surface area contributed by atoms with Gasteiger partial charge < -0.3 is 0 Å². The van der Waals surface area contributed by atoms with E-state index < -0.39 is 0 Å². The summed E-state index contributed by atoms with van der Waals surface area (Å²) in [5, 5.41) is 0. The molecule has 0 atom stereocenters. The van der Waals surface area contributed by atoms with Gasteiger partial charge in [-0.3, -0.25) is 0 Å². The Balaban J connectivity index is 1.74. The second-order valence-electron chi connectivity index (χ2n) is 8.26. The number of nitrogens with zero attached hydrogens (tertiary/aromatic N) is 2. The van der Waals surface area contributed by atoms with Crippen LogP contribution >= 0.6 is 34.4 Å². The maximum Gasteiger partial charge on any atom is 0.134 e. The topological polar surface area (TPSA) is 25.8 Å². The predicted molar refractivity (Wildman–Crippen MR) is 116 cm³/mol. The lowest BCUT2D eigenvalue weighted by Gasteiger charge is -2.38. The Morgan fingerprint density at radius 2 is 1.44 bits per heavy atom. The highest BCUT2D eigenvalue weighted by molar-refractivity contribution is 7.24. The summed E-state index contributed by atoms with van der Waals surface area (Å²) in [5.41, 5.74) is 2.21. The standard InChI is InChI=1S/C21H21FN2S3/c1-20(2,3)21(4,5)17-11-10-15(26-17)14-8-9-16(25-14)18-12(22)6-7-13-19(18)24-27-23-13/h6-11H,1-5H3. The van der Waals surface area contributed by atoms with E-state index in [4.69, 9.17) is 0 Å². The molecule has 0 bridgehead atoms. The molecule has 27 heavy (non-hydrogen) atoms. The van der Waals surface area contributed by atoms with Crippen molar-refractivity contribution in [3.8, 4) is 20.2 Å². The Morgan fingerprint density at radius 1 is 0.778 bits per heavy atom. The lowest BCUT2D eigenvalue weighted by Crippen LogP contribution is -2.32. The molecule has 0 unspecified atom stereocenters. The van der Waals surface area contributed by atoms with Crippen molar-refractivity contribution in [1.29, 1.82) is 0 Å². The van der Waals surface area contributed by atoms with Crippen LogP contribution in [0.25, 0.3) is 31.2 Å². The Labute approximate surface area is 171 Å². The third-order valence-electron chi connectivity index (χ3n) is 5.57. The highest BCUT2D eigenvalue weighted by atomic mass is 32.1. The van der Waals surface area contributed by atoms with E-state index in [1.165, 1.54) is 15.8 Å². The zero-order valence-electron chi connectivity index (χ0n) is 16.0. The molecule has 0 fully saturated rings. The van der Waals surface area contributed by atoms with E-state index >= 15 is 0 Å². The van der Waals surface area contributed by atoms with E-state index in [9.17, 15) is 4.39 Å². The van der Waals surface area contributed by atoms with E-state index in [-0.39, 0.29) is 16.6 Å². The van der Waals surface area contributed by atoms with Gasteiger partial charge in [0, 0.05) is 24.9 Å². The van der Waals surface area contributed by atoms with Gasteiger partial charge in [0.1, 0.15) is 16.9 Å². The maximum atomic E-state index is 14.5. The molecule has 0 radical (unpaired) electrons. The van der Waals surface area contributed by atoms with E-state index in [1.54, 1.807) is 17.4 Å². The highest BCUT2D eigenvalue weighted by Gasteiger charge is 2.35. The van der Waals surface area contributed by atoms with Gasteiger partial charge in [0.2, 0.25) is 0 Å². The minimum absolute atomic E-state index is 0.0833. The second kappa shape index (κ2) is 6.47. The molecule has 0 N–H and O–H groups in total. The summed E-state index contributed by atoms with van der Waals surface area (Å²) < 4.78 is 23.1. The van der Waals surface area contributed by atoms with Crippen molar-refractivity contribution in [2.75, 3.05) is 0 Å². The van der Waals surface area contributed by atoms with Crippen LogP contribution in [0.15, 0.2) is 36.4 Å². The second-order valence-corrected chi connectivity index (χ2v) is 11.0. The maximum absolute atomic E-state index is 14.5. The lowest BCUT2D eigenvalue weighted by atomic mass is 9.68. The van der Waals surface area contributed by atoms with Crippen molar-refractivity contribution in [3.63, 3.8) is 0 Å². The largest absolute Gasteiger partial charge is 0.206 e. The van der Waals surface area contributed by atoms with Crippen LogP contribution in [-0.4, -0.2) is 8.75 Å². The first-order valence-electron chi connectivity index (χ1n) is 8.80. The molecule has 0 saturated heterocycles. The Kier molecular flexibility index (Phi) is 4.48. The summed E-state index contributed by atoms with van der Waals surface area (Å²) in [6.07, 6.45) is 0. The molecule has 1 aromatic carbocycles. The van der Waals surface area contributed by atoms with Gasteiger partial charge in [0.05, 0.1) is 17.3 Å². The smallest absolute Gasteiger partial charge is 0.134 e. The van der Waals surface area contributed by atoms with Crippen LogP contribution in [-0.2, 0) is 5.41 Å². The summed E-state index contributed by atoms with van der Waals surface area (Å²) in [7, 11) is 0. The third-order valence-corrected chi connectivity index (χ3v) is 8.82. The summed E-state index contributed by atoms with van der Waals surface area (Å²) in [6.45, 7) is 11.4. The Hall–Kier alpha value is -1.63. The zero-order valence-corrected chi connectivity index (χ0v) is 18.4. The average Bonchev–Trinajstić information content (AvgIpc) is 3.33. The number of halogens is 1. The van der Waals surface area contributed by atoms with Crippen LogP contribution in [0.2, 0.25) is 0 Å². The third kappa shape index (κ3) is 3.13. The van der Waals surface area contributed by atoms with Crippen LogP contribution in [0.5, 0.6) is 0 Å². The van der Waals surface area contributed by atoms with Gasteiger partial charge >= 0.3 is 0 Å². The number of rotatable bonds is 3. The number of hydrogen-bond acceptors (Lipinski definition) is 5. The Bertz CT molecular complexity index is 1110. The predicted octanol–water partition coefficient (Wildman–Crippen LogP) is 7.61. The van der Waals surface area contributed by atoms with Gasteiger partial charge in [-0.05, 0) is 41.8 Å². The molecule has 0 aliphatic carbocycles. The van der Waals surface area contributed by atoms with Crippen molar-refractivity contribution >= 4 is 45.4 Å². The summed E-state index contributed by atoms with van der Waals surface area (Å²) in [4.78, 5) is 4.65. The number of thiophene rings is 2. The van der Waals surface area contributed by atoms with Gasteiger partial charge in [-0.15, -0.1) is 22.7 Å². The SMILES string of the molecule is CC(C)(C)C(C)(C)c1ccc(-c2ccc(-c3c(F)ccc4nsnc34)s2)s1. The van der Waals surface area contributed by atoms with Crippen molar-refractivity contribution in [3.05, 3.63) is 47.1 Å². The van der Waals surface area contributed by atoms with Crippen molar-refractivity contribution in [2.45, 2.75) is 40.0 Å². The first-order chi connectivity index (χ1) is 12.7. The zero-order chi connectivity index (χ0) is 19.4. The minimum atomic E-state index is -0.246. The highest BCUT2D eigenvalue weighted by Crippen LogP contribution is 2.47. The van der Waals surface area contributed by atoms with E-state index in [1.807, 2.05) is 17.4 Å². The normalized spacial score (nSPS) is 12.8. The Morgan fingerprint density at radius 3 is 2.19 bits per heavy atom. The molecule has 0 aliphatic rings. The minimum Gasteiger partial charge on any atom is -0.206 e. The average molecular weight is 417 g/mol. The monoisotopic (exact) mass is 416 g/mol. The number of benzene rings is 1. The van der Waals surface area contributed by atoms with E-state index in [2.05, 4.69) is 61.6 Å². The molecule has 0 spiro atoms. The van der Waals surface area contributed by atoms with Gasteiger partial charge in [-0.1, -0.05) is 34.6 Å². The van der Waals surface area contributed by atoms with Crippen LogP contribution in [0.3, 0.4) is 0 Å². The number of fused-ring (bicyclic) bond motifs is 1. The van der Waals surface area contributed by atoms with Gasteiger partial charge in [-0.2, -0.15) is 8.75 Å². The first kappa shape index (κ1) is 18.7. The molecule has 6 heteroatoms. The fourth-order valence-corrected chi connectivity index (χ4v) is 5.85. The van der Waals surface area contributed by atoms with Crippen LogP contribution in [0.1, 0.15) is 39.5 Å². The molecule has 4 aromatic rings. The molecular formula is C21H21FN2S3. The molecule has 3 heterocycles. The molecule has 0 amide bonds. The fraction of sp³-hybridized carbons (Fsp3) is 0.333. The van der Waals surface area contributed by atoms with Crippen LogP contribution in [0.4, 0.5) is 4.39 Å². The molecule has 2 nitrogen and oxygen atoms in total. The summed E-state index contributed by atoms with van der Waals surface area (Å²) in [6, 6.07) is 11.7. The fourth-order valence-electron chi connectivity index (χ4n) is 2.84. The molecule has 0 saturated carbocycles.